The van der Waals surface area contributed by atoms with Gasteiger partial charge in [-0.25, -0.2) is 0 Å². The molecule has 1 saturated heterocycles. The normalized spacial score (nSPS) is 19.5. The number of aliphatic hydroxyl groups excluding tert-OH is 1. The molecule has 1 aliphatic heterocycles. The van der Waals surface area contributed by atoms with Crippen molar-refractivity contribution in [2.24, 2.45) is 5.73 Å². The maximum Gasteiger partial charge on any atom is 0.120 e. The van der Waals surface area contributed by atoms with Crippen LogP contribution in [0.15, 0.2) is 18.2 Å². The molecule has 1 aromatic rings. The van der Waals surface area contributed by atoms with E-state index in [1.807, 2.05) is 12.1 Å². The first-order valence-electron chi connectivity index (χ1n) is 5.44. The predicted molar refractivity (Wildman–Crippen MR) is 65.6 cm³/mol. The second kappa shape index (κ2) is 4.82. The van der Waals surface area contributed by atoms with Gasteiger partial charge in [-0.2, -0.15) is 0 Å². The Hall–Kier alpha value is -0.810. The summed E-state index contributed by atoms with van der Waals surface area (Å²) in [7, 11) is 1.59. The molecule has 4 nitrogen and oxygen atoms in total. The number of benzene rings is 1. The van der Waals surface area contributed by atoms with E-state index in [1.165, 1.54) is 0 Å². The molecule has 0 radical (unpaired) electrons. The number of methoxy groups -OCH3 is 1. The number of rotatable bonds is 4. The summed E-state index contributed by atoms with van der Waals surface area (Å²) in [6.45, 7) is 1.07. The first-order chi connectivity index (χ1) is 8.14. The van der Waals surface area contributed by atoms with E-state index in [4.69, 9.17) is 26.8 Å². The minimum atomic E-state index is -0.651. The molecule has 0 amide bonds. The Labute approximate surface area is 105 Å². The summed E-state index contributed by atoms with van der Waals surface area (Å²) in [6, 6.07) is 5.42. The number of nitrogens with two attached hydrogens (primary N) is 1. The lowest BCUT2D eigenvalue weighted by molar-refractivity contribution is -0.116. The lowest BCUT2D eigenvalue weighted by atomic mass is 9.74. The Kier molecular flexibility index (Phi) is 3.58. The highest BCUT2D eigenvalue weighted by Gasteiger charge is 2.47. The van der Waals surface area contributed by atoms with E-state index in [0.29, 0.717) is 24.0 Å². The standard InChI is InChI=1S/C12H16ClNO3/c1-16-8-2-3-9(10(13)4-8)12(6-17-7-12)11(15)5-14/h2-4,11,15H,5-7,14H2,1H3. The Bertz CT molecular complexity index is 407. The van der Waals surface area contributed by atoms with Crippen LogP contribution in [-0.2, 0) is 10.2 Å². The van der Waals surface area contributed by atoms with Crippen molar-refractivity contribution in [1.29, 1.82) is 0 Å². The maximum absolute atomic E-state index is 10.0. The fourth-order valence-corrected chi connectivity index (χ4v) is 2.46. The molecule has 1 fully saturated rings. The second-order valence-corrected chi connectivity index (χ2v) is 4.65. The monoisotopic (exact) mass is 257 g/mol. The maximum atomic E-state index is 10.0. The van der Waals surface area contributed by atoms with Crippen LogP contribution >= 0.6 is 11.6 Å². The zero-order valence-electron chi connectivity index (χ0n) is 9.65. The minimum Gasteiger partial charge on any atom is -0.497 e. The van der Waals surface area contributed by atoms with Gasteiger partial charge in [0, 0.05) is 11.6 Å². The van der Waals surface area contributed by atoms with Crippen molar-refractivity contribution in [2.75, 3.05) is 26.9 Å². The summed E-state index contributed by atoms with van der Waals surface area (Å²) in [4.78, 5) is 0. The molecule has 0 aromatic heterocycles. The zero-order chi connectivity index (χ0) is 12.5. The van der Waals surface area contributed by atoms with Crippen molar-refractivity contribution >= 4 is 11.6 Å². The molecular formula is C12H16ClNO3. The van der Waals surface area contributed by atoms with E-state index in [2.05, 4.69) is 0 Å². The molecule has 5 heteroatoms. The molecule has 0 aliphatic carbocycles. The van der Waals surface area contributed by atoms with E-state index in [0.717, 1.165) is 5.56 Å². The van der Waals surface area contributed by atoms with Crippen LogP contribution in [0.2, 0.25) is 5.02 Å². The average Bonchev–Trinajstić information content (AvgIpc) is 2.29. The highest BCUT2D eigenvalue weighted by atomic mass is 35.5. The summed E-state index contributed by atoms with van der Waals surface area (Å²) in [5, 5.41) is 10.6. The largest absolute Gasteiger partial charge is 0.497 e. The van der Waals surface area contributed by atoms with Crippen LogP contribution in [0.4, 0.5) is 0 Å². The van der Waals surface area contributed by atoms with Crippen molar-refractivity contribution in [2.45, 2.75) is 11.5 Å². The van der Waals surface area contributed by atoms with Crippen LogP contribution in [0.1, 0.15) is 5.56 Å². The first-order valence-corrected chi connectivity index (χ1v) is 5.82. The fourth-order valence-electron chi connectivity index (χ4n) is 2.10. The van der Waals surface area contributed by atoms with Gasteiger partial charge in [0.05, 0.1) is 31.8 Å². The molecule has 1 atom stereocenters. The van der Waals surface area contributed by atoms with E-state index in [-0.39, 0.29) is 6.54 Å². The zero-order valence-corrected chi connectivity index (χ0v) is 10.4. The number of hydrogen-bond acceptors (Lipinski definition) is 4. The number of halogens is 1. The van der Waals surface area contributed by atoms with Crippen LogP contribution in [-0.4, -0.2) is 38.1 Å². The van der Waals surface area contributed by atoms with Crippen molar-refractivity contribution in [1.82, 2.24) is 0 Å². The third-order valence-corrected chi connectivity index (χ3v) is 3.61. The molecule has 1 unspecified atom stereocenters. The van der Waals surface area contributed by atoms with Gasteiger partial charge in [0.25, 0.3) is 0 Å². The number of hydrogen-bond donors (Lipinski definition) is 2. The van der Waals surface area contributed by atoms with Crippen molar-refractivity contribution in [3.05, 3.63) is 28.8 Å². The summed E-state index contributed by atoms with van der Waals surface area (Å²) in [6.07, 6.45) is -0.651. The van der Waals surface area contributed by atoms with Gasteiger partial charge in [0.15, 0.2) is 0 Å². The topological polar surface area (TPSA) is 64.7 Å². The summed E-state index contributed by atoms with van der Waals surface area (Å²) < 4.78 is 10.3. The third kappa shape index (κ3) is 2.02. The quantitative estimate of drug-likeness (QED) is 0.843. The smallest absolute Gasteiger partial charge is 0.120 e. The highest BCUT2D eigenvalue weighted by molar-refractivity contribution is 6.31. The van der Waals surface area contributed by atoms with Crippen LogP contribution in [0.25, 0.3) is 0 Å². The number of ether oxygens (including phenoxy) is 2. The van der Waals surface area contributed by atoms with Gasteiger partial charge in [-0.15, -0.1) is 0 Å². The molecule has 2 rings (SSSR count). The molecule has 1 aliphatic rings. The van der Waals surface area contributed by atoms with E-state index in [1.54, 1.807) is 13.2 Å². The fraction of sp³-hybridized carbons (Fsp3) is 0.500. The van der Waals surface area contributed by atoms with Crippen LogP contribution in [0.3, 0.4) is 0 Å². The molecule has 0 spiro atoms. The van der Waals surface area contributed by atoms with Crippen LogP contribution < -0.4 is 10.5 Å². The van der Waals surface area contributed by atoms with Gasteiger partial charge in [0.2, 0.25) is 0 Å². The molecule has 94 valence electrons. The Morgan fingerprint density at radius 1 is 1.59 bits per heavy atom. The van der Waals surface area contributed by atoms with Gasteiger partial charge in [-0.05, 0) is 17.7 Å². The predicted octanol–water partition coefficient (Wildman–Crippen LogP) is 0.936. The Balaban J connectivity index is 2.38. The van der Waals surface area contributed by atoms with Crippen molar-refractivity contribution in [3.8, 4) is 5.75 Å². The van der Waals surface area contributed by atoms with E-state index >= 15 is 0 Å². The van der Waals surface area contributed by atoms with Gasteiger partial charge in [-0.3, -0.25) is 0 Å². The average molecular weight is 258 g/mol. The summed E-state index contributed by atoms with van der Waals surface area (Å²) >= 11 is 6.22. The number of aliphatic hydroxyl groups is 1. The summed E-state index contributed by atoms with van der Waals surface area (Å²) in [5.74, 6) is 0.691. The molecule has 0 saturated carbocycles. The lowest BCUT2D eigenvalue weighted by Crippen LogP contribution is -2.57. The second-order valence-electron chi connectivity index (χ2n) is 4.25. The van der Waals surface area contributed by atoms with E-state index in [9.17, 15) is 5.11 Å². The first kappa shape index (κ1) is 12.6. The molecule has 1 heterocycles. The molecule has 17 heavy (non-hydrogen) atoms. The van der Waals surface area contributed by atoms with Gasteiger partial charge < -0.3 is 20.3 Å². The molecule has 3 N–H and O–H groups in total. The van der Waals surface area contributed by atoms with Gasteiger partial charge >= 0.3 is 0 Å². The third-order valence-electron chi connectivity index (χ3n) is 3.29. The molecular weight excluding hydrogens is 242 g/mol. The van der Waals surface area contributed by atoms with Gasteiger partial charge in [-0.1, -0.05) is 17.7 Å². The Morgan fingerprint density at radius 2 is 2.29 bits per heavy atom. The minimum absolute atomic E-state index is 0.186. The van der Waals surface area contributed by atoms with Crippen LogP contribution in [0.5, 0.6) is 5.75 Å². The van der Waals surface area contributed by atoms with Crippen molar-refractivity contribution in [3.63, 3.8) is 0 Å². The Morgan fingerprint density at radius 3 is 2.71 bits per heavy atom. The highest BCUT2D eigenvalue weighted by Crippen LogP contribution is 2.40. The SMILES string of the molecule is COc1ccc(C2(C(O)CN)COC2)c(Cl)c1. The van der Waals surface area contributed by atoms with Gasteiger partial charge in [0.1, 0.15) is 5.75 Å². The summed E-state index contributed by atoms with van der Waals surface area (Å²) in [5.41, 5.74) is 5.93. The van der Waals surface area contributed by atoms with Crippen LogP contribution in [0, 0.1) is 0 Å². The lowest BCUT2D eigenvalue weighted by Gasteiger charge is -2.45. The van der Waals surface area contributed by atoms with Crippen molar-refractivity contribution < 1.29 is 14.6 Å². The van der Waals surface area contributed by atoms with E-state index < -0.39 is 11.5 Å². The molecule has 1 aromatic carbocycles. The molecule has 0 bridgehead atoms.